The van der Waals surface area contributed by atoms with Crippen molar-refractivity contribution in [3.63, 3.8) is 0 Å². The fourth-order valence-electron chi connectivity index (χ4n) is 6.51. The molecule has 6 heteroatoms. The first kappa shape index (κ1) is 43.8. The molecule has 0 saturated carbocycles. The molecule has 0 heterocycles. The first-order chi connectivity index (χ1) is 21.3. The van der Waals surface area contributed by atoms with Gasteiger partial charge in [0.15, 0.2) is 0 Å². The van der Waals surface area contributed by atoms with E-state index in [1.54, 1.807) is 0 Å². The Kier molecular flexibility index (Phi) is 31.2. The molecular formula is C38H78O6. The number of hydrogen-bond donors (Lipinski definition) is 6. The highest BCUT2D eigenvalue weighted by Crippen LogP contribution is 2.30. The lowest BCUT2D eigenvalue weighted by molar-refractivity contribution is -0.178. The van der Waals surface area contributed by atoms with Crippen LogP contribution in [0.4, 0.5) is 0 Å². The Morgan fingerprint density at radius 2 is 0.636 bits per heavy atom. The molecular weight excluding hydrogens is 552 g/mol. The molecule has 0 rings (SSSR count). The van der Waals surface area contributed by atoms with Gasteiger partial charge in [0, 0.05) is 0 Å². The maximum Gasteiger partial charge on any atom is 0.111 e. The quantitative estimate of drug-likeness (QED) is 0.0389. The van der Waals surface area contributed by atoms with E-state index >= 15 is 0 Å². The minimum Gasteiger partial charge on any atom is -0.394 e. The van der Waals surface area contributed by atoms with Crippen LogP contribution < -0.4 is 0 Å². The fraction of sp³-hybridized carbons (Fsp3) is 1.00. The molecule has 0 aromatic carbocycles. The number of aliphatic hydroxyl groups is 6. The van der Waals surface area contributed by atoms with E-state index in [4.69, 9.17) is 5.11 Å². The van der Waals surface area contributed by atoms with Gasteiger partial charge in [-0.1, -0.05) is 194 Å². The molecule has 6 N–H and O–H groups in total. The monoisotopic (exact) mass is 631 g/mol. The summed E-state index contributed by atoms with van der Waals surface area (Å²) in [5.74, 6) is 0. The van der Waals surface area contributed by atoms with E-state index in [-0.39, 0.29) is 0 Å². The molecule has 6 nitrogen and oxygen atoms in total. The minimum absolute atomic E-state index is 0.351. The first-order valence-corrected chi connectivity index (χ1v) is 19.4. The fourth-order valence-corrected chi connectivity index (χ4v) is 6.51. The second kappa shape index (κ2) is 31.4. The summed E-state index contributed by atoms with van der Waals surface area (Å²) in [5.41, 5.74) is -1.52. The molecule has 266 valence electrons. The predicted octanol–water partition coefficient (Wildman–Crippen LogP) is 8.90. The summed E-state index contributed by atoms with van der Waals surface area (Å²) < 4.78 is 0. The van der Waals surface area contributed by atoms with E-state index in [1.165, 1.54) is 141 Å². The third kappa shape index (κ3) is 24.0. The zero-order chi connectivity index (χ0) is 32.7. The van der Waals surface area contributed by atoms with Crippen molar-refractivity contribution >= 4 is 0 Å². The van der Waals surface area contributed by atoms with Gasteiger partial charge in [-0.3, -0.25) is 0 Å². The SMILES string of the molecule is CCCCCCCCCCCCCCCCC(O)(CCCCCCCCCCCCCCCC)[C@@H](O)[C@@H](O)[C@H](O)[C@H](O)CO. The highest BCUT2D eigenvalue weighted by Gasteiger charge is 2.43. The third-order valence-corrected chi connectivity index (χ3v) is 9.73. The Hall–Kier alpha value is -0.240. The number of unbranched alkanes of at least 4 members (excludes halogenated alkanes) is 26. The molecule has 0 amide bonds. The van der Waals surface area contributed by atoms with E-state index in [2.05, 4.69) is 13.8 Å². The van der Waals surface area contributed by atoms with Gasteiger partial charge in [0.25, 0.3) is 0 Å². The molecule has 44 heavy (non-hydrogen) atoms. The molecule has 0 aliphatic heterocycles. The molecule has 0 aromatic rings. The summed E-state index contributed by atoms with van der Waals surface area (Å²) in [7, 11) is 0. The summed E-state index contributed by atoms with van der Waals surface area (Å²) >= 11 is 0. The first-order valence-electron chi connectivity index (χ1n) is 19.4. The second-order valence-corrected chi connectivity index (χ2v) is 14.0. The van der Waals surface area contributed by atoms with Crippen molar-refractivity contribution in [2.45, 2.75) is 236 Å². The van der Waals surface area contributed by atoms with Crippen LogP contribution in [0, 0.1) is 0 Å². The zero-order valence-electron chi connectivity index (χ0n) is 29.4. The lowest BCUT2D eigenvalue weighted by Gasteiger charge is -2.38. The molecule has 0 unspecified atom stereocenters. The molecule has 0 bridgehead atoms. The molecule has 0 fully saturated rings. The zero-order valence-corrected chi connectivity index (χ0v) is 29.4. The van der Waals surface area contributed by atoms with Gasteiger partial charge in [0.05, 0.1) is 12.2 Å². The van der Waals surface area contributed by atoms with Gasteiger partial charge in [-0.15, -0.1) is 0 Å². The van der Waals surface area contributed by atoms with Crippen molar-refractivity contribution in [1.29, 1.82) is 0 Å². The van der Waals surface area contributed by atoms with E-state index in [1.807, 2.05) is 0 Å². The standard InChI is InChI=1S/C38H78O6/c1-3-5-7-9-11-13-15-17-19-21-23-25-27-29-31-38(44,37(43)36(42)35(41)34(40)33-39)32-30-28-26-24-22-20-18-16-14-12-10-8-6-4-2/h34-37,39-44H,3-33H2,1-2H3/t34-,35-,36+,37+/m1/s1. The van der Waals surface area contributed by atoms with Crippen LogP contribution >= 0.6 is 0 Å². The lowest BCUT2D eigenvalue weighted by Crippen LogP contribution is -2.56. The molecule has 0 spiro atoms. The maximum absolute atomic E-state index is 11.5. The van der Waals surface area contributed by atoms with Crippen LogP contribution in [0.1, 0.15) is 206 Å². The topological polar surface area (TPSA) is 121 Å². The smallest absolute Gasteiger partial charge is 0.111 e. The van der Waals surface area contributed by atoms with Gasteiger partial charge >= 0.3 is 0 Å². The largest absolute Gasteiger partial charge is 0.394 e. The van der Waals surface area contributed by atoms with Gasteiger partial charge in [0.2, 0.25) is 0 Å². The summed E-state index contributed by atoms with van der Waals surface area (Å²) in [6, 6.07) is 0. The maximum atomic E-state index is 11.5. The number of rotatable bonds is 35. The number of hydrogen-bond acceptors (Lipinski definition) is 6. The van der Waals surface area contributed by atoms with Crippen molar-refractivity contribution in [3.05, 3.63) is 0 Å². The normalized spacial score (nSPS) is 15.0. The van der Waals surface area contributed by atoms with Crippen molar-refractivity contribution < 1.29 is 30.6 Å². The van der Waals surface area contributed by atoms with Crippen LogP contribution in [0.2, 0.25) is 0 Å². The van der Waals surface area contributed by atoms with Crippen LogP contribution in [0.5, 0.6) is 0 Å². The molecule has 0 radical (unpaired) electrons. The van der Waals surface area contributed by atoms with E-state index in [0.717, 1.165) is 38.5 Å². The third-order valence-electron chi connectivity index (χ3n) is 9.73. The molecule has 0 aromatic heterocycles. The van der Waals surface area contributed by atoms with Crippen molar-refractivity contribution in [3.8, 4) is 0 Å². The Balaban J connectivity index is 4.29. The van der Waals surface area contributed by atoms with Gasteiger partial charge in [-0.25, -0.2) is 0 Å². The Labute approximate surface area is 273 Å². The average Bonchev–Trinajstić information content (AvgIpc) is 3.03. The summed E-state index contributed by atoms with van der Waals surface area (Å²) in [5, 5.41) is 62.0. The van der Waals surface area contributed by atoms with Crippen molar-refractivity contribution in [1.82, 2.24) is 0 Å². The average molecular weight is 631 g/mol. The summed E-state index contributed by atoms with van der Waals surface area (Å²) in [6.45, 7) is 3.79. The van der Waals surface area contributed by atoms with Gasteiger partial charge in [0.1, 0.15) is 24.4 Å². The van der Waals surface area contributed by atoms with Crippen LogP contribution in [0.15, 0.2) is 0 Å². The van der Waals surface area contributed by atoms with E-state index < -0.39 is 36.6 Å². The van der Waals surface area contributed by atoms with E-state index in [0.29, 0.717) is 12.8 Å². The summed E-state index contributed by atoms with van der Waals surface area (Å²) in [4.78, 5) is 0. The van der Waals surface area contributed by atoms with Gasteiger partial charge in [-0.2, -0.15) is 0 Å². The van der Waals surface area contributed by atoms with Gasteiger partial charge < -0.3 is 30.6 Å². The van der Waals surface area contributed by atoms with Crippen LogP contribution in [-0.4, -0.2) is 67.3 Å². The van der Waals surface area contributed by atoms with Crippen LogP contribution in [-0.2, 0) is 0 Å². The Morgan fingerprint density at radius 1 is 0.386 bits per heavy atom. The Morgan fingerprint density at radius 3 is 0.886 bits per heavy atom. The van der Waals surface area contributed by atoms with Crippen LogP contribution in [0.3, 0.4) is 0 Å². The highest BCUT2D eigenvalue weighted by atomic mass is 16.4. The molecule has 0 aliphatic carbocycles. The molecule has 0 aliphatic rings. The molecule has 0 saturated heterocycles. The number of aliphatic hydroxyl groups excluding tert-OH is 5. The van der Waals surface area contributed by atoms with Crippen LogP contribution in [0.25, 0.3) is 0 Å². The lowest BCUT2D eigenvalue weighted by atomic mass is 9.81. The molecule has 4 atom stereocenters. The van der Waals surface area contributed by atoms with Crippen molar-refractivity contribution in [2.24, 2.45) is 0 Å². The predicted molar refractivity (Wildman–Crippen MR) is 186 cm³/mol. The highest BCUT2D eigenvalue weighted by molar-refractivity contribution is 4.94. The summed E-state index contributed by atoms with van der Waals surface area (Å²) in [6.07, 6.45) is 28.8. The van der Waals surface area contributed by atoms with E-state index in [9.17, 15) is 25.5 Å². The van der Waals surface area contributed by atoms with Gasteiger partial charge in [-0.05, 0) is 12.8 Å². The van der Waals surface area contributed by atoms with Crippen molar-refractivity contribution in [2.75, 3.05) is 6.61 Å². The Bertz CT molecular complexity index is 542. The minimum atomic E-state index is -1.72. The second-order valence-electron chi connectivity index (χ2n) is 14.0.